The zero-order valence-electron chi connectivity index (χ0n) is 12.3. The number of aldehydes is 2. The molecule has 1 heterocycles. The molecule has 1 aliphatic heterocycles. The summed E-state index contributed by atoms with van der Waals surface area (Å²) in [5, 5.41) is 1.53. The van der Waals surface area contributed by atoms with E-state index in [1.165, 1.54) is 23.5 Å². The van der Waals surface area contributed by atoms with Gasteiger partial charge in [-0.25, -0.2) is 0 Å². The van der Waals surface area contributed by atoms with Crippen LogP contribution in [0, 0.1) is 0 Å². The molecule has 1 rings (SSSR count). The Balaban J connectivity index is 3.11. The lowest BCUT2D eigenvalue weighted by atomic mass is 10.3. The van der Waals surface area contributed by atoms with Crippen LogP contribution in [0.3, 0.4) is 0 Å². The van der Waals surface area contributed by atoms with Crippen molar-refractivity contribution < 1.29 is 28.8 Å². The highest BCUT2D eigenvalue weighted by Crippen LogP contribution is 2.19. The van der Waals surface area contributed by atoms with Crippen LogP contribution in [0.5, 0.6) is 0 Å². The summed E-state index contributed by atoms with van der Waals surface area (Å²) in [6, 6.07) is 0. The first-order valence-corrected chi connectivity index (χ1v) is 9.08. The average Bonchev–Trinajstić information content (AvgIpc) is 2.60. The van der Waals surface area contributed by atoms with E-state index in [1.807, 2.05) is 0 Å². The fourth-order valence-electron chi connectivity index (χ4n) is 1.74. The summed E-state index contributed by atoms with van der Waals surface area (Å²) < 4.78 is 0. The van der Waals surface area contributed by atoms with E-state index in [-0.39, 0.29) is 37.2 Å². The second kappa shape index (κ2) is 10.2. The fraction of sp³-hybridized carbons (Fsp3) is 0.538. The predicted molar refractivity (Wildman–Crippen MR) is 84.1 cm³/mol. The van der Waals surface area contributed by atoms with Crippen molar-refractivity contribution in [3.8, 4) is 0 Å². The van der Waals surface area contributed by atoms with Gasteiger partial charge in [0.05, 0.1) is 11.5 Å². The van der Waals surface area contributed by atoms with E-state index >= 15 is 0 Å². The third kappa shape index (κ3) is 5.79. The van der Waals surface area contributed by atoms with Crippen LogP contribution >= 0.6 is 23.5 Å². The van der Waals surface area contributed by atoms with Crippen molar-refractivity contribution in [2.75, 3.05) is 16.6 Å². The summed E-state index contributed by atoms with van der Waals surface area (Å²) in [4.78, 5) is 69.7. The van der Waals surface area contributed by atoms with Gasteiger partial charge >= 0.3 is 0 Å². The third-order valence-electron chi connectivity index (χ3n) is 2.71. The molecule has 0 N–H and O–H groups in total. The second-order valence-corrected chi connectivity index (χ2v) is 6.76. The molecule has 0 radical (unpaired) electrons. The van der Waals surface area contributed by atoms with Crippen LogP contribution in [0.4, 0.5) is 0 Å². The number of imide groups is 2. The normalized spacial score (nSPS) is 16.3. The van der Waals surface area contributed by atoms with E-state index < -0.39 is 23.6 Å². The maximum atomic E-state index is 12.2. The van der Waals surface area contributed by atoms with Crippen molar-refractivity contribution in [2.45, 2.75) is 25.7 Å². The molecule has 0 aromatic heterocycles. The first-order chi connectivity index (χ1) is 11.0. The van der Waals surface area contributed by atoms with Crippen LogP contribution in [-0.2, 0) is 28.8 Å². The first-order valence-electron chi connectivity index (χ1n) is 6.77. The molecule has 1 aliphatic rings. The van der Waals surface area contributed by atoms with Crippen molar-refractivity contribution >= 4 is 59.7 Å². The zero-order chi connectivity index (χ0) is 17.2. The van der Waals surface area contributed by atoms with Gasteiger partial charge in [0.15, 0.2) is 0 Å². The van der Waals surface area contributed by atoms with Crippen LogP contribution in [0.25, 0.3) is 0 Å². The Labute approximate surface area is 141 Å². The van der Waals surface area contributed by atoms with E-state index in [0.29, 0.717) is 27.7 Å². The molecule has 8 nitrogen and oxygen atoms in total. The van der Waals surface area contributed by atoms with E-state index in [2.05, 4.69) is 0 Å². The van der Waals surface area contributed by atoms with Gasteiger partial charge in [0.1, 0.15) is 12.6 Å². The quantitative estimate of drug-likeness (QED) is 0.609. The number of nitrogens with zero attached hydrogens (tertiary/aromatic N) is 2. The fourth-order valence-corrected chi connectivity index (χ4v) is 3.47. The molecule has 4 amide bonds. The molecule has 1 fully saturated rings. The van der Waals surface area contributed by atoms with Gasteiger partial charge in [-0.05, 0) is 0 Å². The Morgan fingerprint density at radius 2 is 1.26 bits per heavy atom. The molecule has 0 aromatic carbocycles. The SMILES string of the molecule is O=CCCC(=O)N1C(=O)CSCSCC(=O)N1C(=O)CCC=O. The summed E-state index contributed by atoms with van der Waals surface area (Å²) in [6.45, 7) is 0. The maximum absolute atomic E-state index is 12.2. The van der Waals surface area contributed by atoms with E-state index in [4.69, 9.17) is 0 Å². The van der Waals surface area contributed by atoms with Gasteiger partial charge in [-0.1, -0.05) is 0 Å². The lowest BCUT2D eigenvalue weighted by molar-refractivity contribution is -0.178. The van der Waals surface area contributed by atoms with Gasteiger partial charge < -0.3 is 9.59 Å². The molecule has 0 aliphatic carbocycles. The highest BCUT2D eigenvalue weighted by Gasteiger charge is 2.36. The van der Waals surface area contributed by atoms with Crippen molar-refractivity contribution in [1.29, 1.82) is 0 Å². The summed E-state index contributed by atoms with van der Waals surface area (Å²) in [5.41, 5.74) is 0. The second-order valence-electron chi connectivity index (χ2n) is 4.42. The van der Waals surface area contributed by atoms with Gasteiger partial charge in [0.25, 0.3) is 11.8 Å². The molecular formula is C13H16N2O6S2. The Hall–Kier alpha value is -1.68. The van der Waals surface area contributed by atoms with Crippen LogP contribution < -0.4 is 0 Å². The molecule has 10 heteroatoms. The van der Waals surface area contributed by atoms with Crippen molar-refractivity contribution in [2.24, 2.45) is 0 Å². The van der Waals surface area contributed by atoms with Gasteiger partial charge in [-0.2, -0.15) is 10.0 Å². The number of amides is 4. The number of carbonyl (C=O) groups excluding carboxylic acids is 6. The maximum Gasteiger partial charge on any atom is 0.258 e. The number of rotatable bonds is 6. The molecule has 0 unspecified atom stereocenters. The van der Waals surface area contributed by atoms with Crippen molar-refractivity contribution in [3.63, 3.8) is 0 Å². The minimum Gasteiger partial charge on any atom is -0.303 e. The summed E-state index contributed by atoms with van der Waals surface area (Å²) >= 11 is 2.47. The Morgan fingerprint density at radius 1 is 0.870 bits per heavy atom. The smallest absolute Gasteiger partial charge is 0.258 e. The summed E-state index contributed by atoms with van der Waals surface area (Å²) in [6.07, 6.45) is 0.243. The molecular weight excluding hydrogens is 344 g/mol. The van der Waals surface area contributed by atoms with E-state index in [1.54, 1.807) is 0 Å². The number of hydrogen-bond acceptors (Lipinski definition) is 8. The monoisotopic (exact) mass is 360 g/mol. The van der Waals surface area contributed by atoms with Crippen LogP contribution in [-0.4, -0.2) is 62.8 Å². The molecule has 0 atom stereocenters. The molecule has 1 saturated heterocycles. The van der Waals surface area contributed by atoms with Crippen LogP contribution in [0.2, 0.25) is 0 Å². The highest BCUT2D eigenvalue weighted by molar-refractivity contribution is 8.16. The van der Waals surface area contributed by atoms with Crippen LogP contribution in [0.1, 0.15) is 25.7 Å². The lowest BCUT2D eigenvalue weighted by Crippen LogP contribution is -2.56. The van der Waals surface area contributed by atoms with Crippen LogP contribution in [0.15, 0.2) is 0 Å². The largest absolute Gasteiger partial charge is 0.303 e. The minimum atomic E-state index is -0.789. The van der Waals surface area contributed by atoms with Crippen molar-refractivity contribution in [3.05, 3.63) is 0 Å². The topological polar surface area (TPSA) is 109 Å². The van der Waals surface area contributed by atoms with Gasteiger partial charge in [0.2, 0.25) is 11.8 Å². The zero-order valence-corrected chi connectivity index (χ0v) is 13.9. The summed E-state index contributed by atoms with van der Waals surface area (Å²) in [5.74, 6) is -3.10. The highest BCUT2D eigenvalue weighted by atomic mass is 32.2. The number of carbonyl (C=O) groups is 6. The average molecular weight is 360 g/mol. The Morgan fingerprint density at radius 3 is 1.61 bits per heavy atom. The van der Waals surface area contributed by atoms with Gasteiger partial charge in [0, 0.05) is 30.8 Å². The van der Waals surface area contributed by atoms with E-state index in [0.717, 1.165) is 0 Å². The lowest BCUT2D eigenvalue weighted by Gasteiger charge is -2.30. The minimum absolute atomic E-state index is 0.0649. The first kappa shape index (κ1) is 19.4. The molecule has 0 aromatic rings. The molecule has 0 spiro atoms. The number of hydrazine groups is 1. The summed E-state index contributed by atoms with van der Waals surface area (Å²) in [7, 11) is 0. The molecule has 126 valence electrons. The van der Waals surface area contributed by atoms with Crippen molar-refractivity contribution in [1.82, 2.24) is 10.0 Å². The van der Waals surface area contributed by atoms with Gasteiger partial charge in [-0.15, -0.1) is 23.5 Å². The Kier molecular flexibility index (Phi) is 8.56. The molecule has 0 bridgehead atoms. The molecule has 0 saturated carbocycles. The number of thioether (sulfide) groups is 2. The predicted octanol–water partition coefficient (Wildman–Crippen LogP) is 0.00750. The standard InChI is InChI=1S/C13H16N2O6S2/c16-5-1-3-10(18)14-12(20)7-22-9-23-8-13(21)15(14)11(19)4-2-6-17/h5-6H,1-4,7-9H2. The molecule has 23 heavy (non-hydrogen) atoms. The van der Waals surface area contributed by atoms with E-state index in [9.17, 15) is 28.8 Å². The Bertz CT molecular complexity index is 467. The third-order valence-corrected chi connectivity index (χ3v) is 4.95. The number of hydrogen-bond donors (Lipinski definition) is 0. The van der Waals surface area contributed by atoms with Gasteiger partial charge in [-0.3, -0.25) is 19.2 Å².